The van der Waals surface area contributed by atoms with Crippen molar-refractivity contribution in [2.24, 2.45) is 5.92 Å². The Kier molecular flexibility index (Phi) is 10.1. The molecule has 1 unspecified atom stereocenters. The first-order valence-electron chi connectivity index (χ1n) is 6.18. The van der Waals surface area contributed by atoms with Crippen LogP contribution in [0.5, 0.6) is 0 Å². The molecule has 0 aliphatic heterocycles. The van der Waals surface area contributed by atoms with E-state index in [2.05, 4.69) is 19.2 Å². The topological polar surface area (TPSA) is 67.8 Å². The van der Waals surface area contributed by atoms with E-state index in [1.807, 2.05) is 0 Å². The fraction of sp³-hybridized carbons (Fsp3) is 0.917. The first kappa shape index (κ1) is 16.4. The first-order chi connectivity index (χ1) is 8.06. The quantitative estimate of drug-likeness (QED) is 0.436. The van der Waals surface area contributed by atoms with Crippen LogP contribution in [0.2, 0.25) is 0 Å². The molecule has 0 saturated carbocycles. The standard InChI is InChI=1S/C12H25NO4/c1-4-17-12(15)7-11(14)8-13-5-6-16-9-10(2)3/h10-11,13-14H,4-9H2,1-3H3. The van der Waals surface area contributed by atoms with Crippen LogP contribution in [-0.4, -0.2) is 50.1 Å². The Balaban J connectivity index is 3.33. The van der Waals surface area contributed by atoms with Gasteiger partial charge in [0.2, 0.25) is 0 Å². The summed E-state index contributed by atoms with van der Waals surface area (Å²) >= 11 is 0. The lowest BCUT2D eigenvalue weighted by Crippen LogP contribution is -2.31. The van der Waals surface area contributed by atoms with E-state index in [4.69, 9.17) is 9.47 Å². The second-order valence-corrected chi connectivity index (χ2v) is 4.34. The van der Waals surface area contributed by atoms with E-state index in [9.17, 15) is 9.90 Å². The number of aliphatic hydroxyl groups is 1. The Bertz CT molecular complexity index is 197. The van der Waals surface area contributed by atoms with Crippen molar-refractivity contribution in [1.82, 2.24) is 5.32 Å². The maximum absolute atomic E-state index is 11.0. The number of aliphatic hydroxyl groups excluding tert-OH is 1. The highest BCUT2D eigenvalue weighted by molar-refractivity contribution is 5.69. The lowest BCUT2D eigenvalue weighted by Gasteiger charge is -2.11. The van der Waals surface area contributed by atoms with Crippen LogP contribution in [0, 0.1) is 5.92 Å². The van der Waals surface area contributed by atoms with Crippen molar-refractivity contribution in [3.8, 4) is 0 Å². The van der Waals surface area contributed by atoms with Crippen LogP contribution in [0.1, 0.15) is 27.2 Å². The van der Waals surface area contributed by atoms with Gasteiger partial charge in [-0.1, -0.05) is 13.8 Å². The van der Waals surface area contributed by atoms with Gasteiger partial charge in [0.25, 0.3) is 0 Å². The molecule has 1 atom stereocenters. The fourth-order valence-corrected chi connectivity index (χ4v) is 1.22. The molecule has 0 spiro atoms. The monoisotopic (exact) mass is 247 g/mol. The number of nitrogens with one attached hydrogen (secondary N) is 1. The minimum Gasteiger partial charge on any atom is -0.466 e. The summed E-state index contributed by atoms with van der Waals surface area (Å²) < 4.78 is 10.1. The molecule has 5 nitrogen and oxygen atoms in total. The molecule has 2 N–H and O–H groups in total. The van der Waals surface area contributed by atoms with Gasteiger partial charge >= 0.3 is 5.97 Å². The van der Waals surface area contributed by atoms with Gasteiger partial charge in [-0.05, 0) is 12.8 Å². The molecule has 0 fully saturated rings. The minimum absolute atomic E-state index is 0.0354. The molecule has 0 aliphatic carbocycles. The molecule has 0 saturated heterocycles. The van der Waals surface area contributed by atoms with Crippen LogP contribution in [-0.2, 0) is 14.3 Å². The second kappa shape index (κ2) is 10.5. The van der Waals surface area contributed by atoms with Gasteiger partial charge in [0.15, 0.2) is 0 Å². The zero-order valence-corrected chi connectivity index (χ0v) is 11.1. The summed E-state index contributed by atoms with van der Waals surface area (Å²) in [4.78, 5) is 11.0. The molecule has 0 amide bonds. The molecular weight excluding hydrogens is 222 g/mol. The van der Waals surface area contributed by atoms with Gasteiger partial charge in [-0.3, -0.25) is 4.79 Å². The fourth-order valence-electron chi connectivity index (χ4n) is 1.22. The number of esters is 1. The Hall–Kier alpha value is -0.650. The van der Waals surface area contributed by atoms with Crippen molar-refractivity contribution >= 4 is 5.97 Å². The van der Waals surface area contributed by atoms with Crippen molar-refractivity contribution in [2.45, 2.75) is 33.3 Å². The third kappa shape index (κ3) is 11.6. The summed E-state index contributed by atoms with van der Waals surface area (Å²) in [7, 11) is 0. The van der Waals surface area contributed by atoms with E-state index < -0.39 is 6.10 Å². The first-order valence-corrected chi connectivity index (χ1v) is 6.18. The summed E-state index contributed by atoms with van der Waals surface area (Å²) in [5.41, 5.74) is 0. The van der Waals surface area contributed by atoms with Gasteiger partial charge < -0.3 is 19.9 Å². The molecule has 0 heterocycles. The molecule has 0 aromatic carbocycles. The van der Waals surface area contributed by atoms with Crippen LogP contribution in [0.25, 0.3) is 0 Å². The van der Waals surface area contributed by atoms with Crippen LogP contribution < -0.4 is 5.32 Å². The molecule has 0 aromatic heterocycles. The number of ether oxygens (including phenoxy) is 2. The zero-order valence-electron chi connectivity index (χ0n) is 11.1. The molecule has 5 heteroatoms. The molecule has 0 aromatic rings. The van der Waals surface area contributed by atoms with Crippen LogP contribution in [0.3, 0.4) is 0 Å². The third-order valence-electron chi connectivity index (χ3n) is 1.96. The molecule has 0 bridgehead atoms. The SMILES string of the molecule is CCOC(=O)CC(O)CNCCOCC(C)C. The highest BCUT2D eigenvalue weighted by Gasteiger charge is 2.10. The molecule has 0 aliphatic rings. The third-order valence-corrected chi connectivity index (χ3v) is 1.96. The van der Waals surface area contributed by atoms with E-state index in [0.29, 0.717) is 32.2 Å². The van der Waals surface area contributed by atoms with E-state index in [1.54, 1.807) is 6.92 Å². The summed E-state index contributed by atoms with van der Waals surface area (Å²) in [6, 6.07) is 0. The predicted octanol–water partition coefficient (Wildman–Crippen LogP) is 0.563. The van der Waals surface area contributed by atoms with Gasteiger partial charge in [-0.25, -0.2) is 0 Å². The largest absolute Gasteiger partial charge is 0.466 e. The van der Waals surface area contributed by atoms with Gasteiger partial charge in [0.05, 0.1) is 25.7 Å². The van der Waals surface area contributed by atoms with E-state index in [0.717, 1.165) is 6.61 Å². The van der Waals surface area contributed by atoms with E-state index in [1.165, 1.54) is 0 Å². The van der Waals surface area contributed by atoms with E-state index >= 15 is 0 Å². The Labute approximate surface area is 103 Å². The highest BCUT2D eigenvalue weighted by atomic mass is 16.5. The average molecular weight is 247 g/mol. The summed E-state index contributed by atoms with van der Waals surface area (Å²) in [6.07, 6.45) is -0.660. The van der Waals surface area contributed by atoms with Crippen molar-refractivity contribution in [1.29, 1.82) is 0 Å². The Morgan fingerprint density at radius 2 is 2.12 bits per heavy atom. The number of carbonyl (C=O) groups is 1. The smallest absolute Gasteiger partial charge is 0.308 e. The number of hydrogen-bond acceptors (Lipinski definition) is 5. The summed E-state index contributed by atoms with van der Waals surface area (Å²) in [6.45, 7) is 8.69. The van der Waals surface area contributed by atoms with Crippen molar-refractivity contribution < 1.29 is 19.4 Å². The van der Waals surface area contributed by atoms with Gasteiger partial charge in [-0.2, -0.15) is 0 Å². The van der Waals surface area contributed by atoms with Crippen LogP contribution in [0.15, 0.2) is 0 Å². The van der Waals surface area contributed by atoms with Crippen LogP contribution in [0.4, 0.5) is 0 Å². The maximum Gasteiger partial charge on any atom is 0.308 e. The number of rotatable bonds is 10. The van der Waals surface area contributed by atoms with Crippen LogP contribution >= 0.6 is 0 Å². The second-order valence-electron chi connectivity index (χ2n) is 4.34. The maximum atomic E-state index is 11.0. The Morgan fingerprint density at radius 1 is 1.41 bits per heavy atom. The Morgan fingerprint density at radius 3 is 2.71 bits per heavy atom. The predicted molar refractivity (Wildman–Crippen MR) is 65.8 cm³/mol. The van der Waals surface area contributed by atoms with Gasteiger partial charge in [0, 0.05) is 19.7 Å². The lowest BCUT2D eigenvalue weighted by atomic mass is 10.2. The molecule has 0 rings (SSSR count). The molecule has 17 heavy (non-hydrogen) atoms. The minimum atomic E-state index is -0.695. The normalized spacial score (nSPS) is 12.8. The van der Waals surface area contributed by atoms with E-state index in [-0.39, 0.29) is 12.4 Å². The van der Waals surface area contributed by atoms with Gasteiger partial charge in [-0.15, -0.1) is 0 Å². The average Bonchev–Trinajstić information content (AvgIpc) is 2.23. The molecule has 102 valence electrons. The number of carbonyl (C=O) groups excluding carboxylic acids is 1. The number of hydrogen-bond donors (Lipinski definition) is 2. The highest BCUT2D eigenvalue weighted by Crippen LogP contribution is 1.94. The summed E-state index contributed by atoms with van der Waals surface area (Å²) in [5, 5.41) is 12.5. The lowest BCUT2D eigenvalue weighted by molar-refractivity contribution is -0.145. The van der Waals surface area contributed by atoms with Crippen molar-refractivity contribution in [3.63, 3.8) is 0 Å². The van der Waals surface area contributed by atoms with Crippen molar-refractivity contribution in [2.75, 3.05) is 32.9 Å². The van der Waals surface area contributed by atoms with Gasteiger partial charge in [0.1, 0.15) is 0 Å². The molecular formula is C12H25NO4. The van der Waals surface area contributed by atoms with Crippen molar-refractivity contribution in [3.05, 3.63) is 0 Å². The zero-order chi connectivity index (χ0) is 13.1. The summed E-state index contributed by atoms with van der Waals surface area (Å²) in [5.74, 6) is 0.169. The molecule has 0 radical (unpaired) electrons.